The first kappa shape index (κ1) is 17.5. The molecular weight excluding hydrogens is 288 g/mol. The van der Waals surface area contributed by atoms with Gasteiger partial charge in [-0.2, -0.15) is 0 Å². The number of carbonyl (C=O) groups excluding carboxylic acids is 2. The molecule has 1 rings (SSSR count). The summed E-state index contributed by atoms with van der Waals surface area (Å²) in [5.74, 6) is -0.291. The van der Waals surface area contributed by atoms with Crippen LogP contribution < -0.4 is 5.32 Å². The molecule has 5 heteroatoms. The van der Waals surface area contributed by atoms with Crippen LogP contribution in [0.2, 0.25) is 5.02 Å². The molecule has 0 aromatic heterocycles. The normalized spacial score (nSPS) is 12.1. The topological polar surface area (TPSA) is 49.4 Å². The van der Waals surface area contributed by atoms with Crippen molar-refractivity contribution in [1.29, 1.82) is 0 Å². The zero-order valence-corrected chi connectivity index (χ0v) is 14.0. The molecule has 1 atom stereocenters. The van der Waals surface area contributed by atoms with Crippen LogP contribution in [-0.4, -0.2) is 29.8 Å². The van der Waals surface area contributed by atoms with E-state index in [0.29, 0.717) is 16.3 Å². The maximum absolute atomic E-state index is 12.3. The first-order chi connectivity index (χ1) is 9.77. The molecule has 0 fully saturated rings. The Bertz CT molecular complexity index is 529. The molecule has 0 aliphatic carbocycles. The van der Waals surface area contributed by atoms with E-state index in [1.165, 1.54) is 0 Å². The van der Waals surface area contributed by atoms with Crippen molar-refractivity contribution >= 4 is 29.1 Å². The Hall–Kier alpha value is -1.55. The number of hydrogen-bond acceptors (Lipinski definition) is 2. The van der Waals surface area contributed by atoms with Crippen molar-refractivity contribution in [1.82, 2.24) is 4.90 Å². The lowest BCUT2D eigenvalue weighted by Gasteiger charge is -2.22. The van der Waals surface area contributed by atoms with E-state index in [1.807, 2.05) is 27.7 Å². The molecule has 1 unspecified atom stereocenters. The van der Waals surface area contributed by atoms with Crippen molar-refractivity contribution in [3.05, 3.63) is 28.8 Å². The van der Waals surface area contributed by atoms with Crippen LogP contribution in [-0.2, 0) is 4.79 Å². The molecule has 2 amide bonds. The van der Waals surface area contributed by atoms with Gasteiger partial charge in [0.2, 0.25) is 5.91 Å². The molecule has 0 aliphatic rings. The van der Waals surface area contributed by atoms with Crippen LogP contribution in [0.3, 0.4) is 0 Å². The van der Waals surface area contributed by atoms with Crippen LogP contribution in [0, 0.1) is 5.92 Å². The van der Waals surface area contributed by atoms with Crippen molar-refractivity contribution in [2.24, 2.45) is 5.92 Å². The summed E-state index contributed by atoms with van der Waals surface area (Å²) >= 11 is 6.10. The largest absolute Gasteiger partial charge is 0.339 e. The number of benzene rings is 1. The van der Waals surface area contributed by atoms with E-state index in [4.69, 9.17) is 11.6 Å². The Labute approximate surface area is 131 Å². The zero-order chi connectivity index (χ0) is 16.2. The van der Waals surface area contributed by atoms with Crippen molar-refractivity contribution in [2.45, 2.75) is 40.2 Å². The van der Waals surface area contributed by atoms with Gasteiger partial charge in [-0.3, -0.25) is 9.59 Å². The summed E-state index contributed by atoms with van der Waals surface area (Å²) in [4.78, 5) is 25.9. The van der Waals surface area contributed by atoms with E-state index in [1.54, 1.807) is 30.1 Å². The minimum Gasteiger partial charge on any atom is -0.339 e. The molecule has 0 spiro atoms. The van der Waals surface area contributed by atoms with Gasteiger partial charge in [0.25, 0.3) is 5.91 Å². The zero-order valence-electron chi connectivity index (χ0n) is 13.2. The molecule has 1 N–H and O–H groups in total. The molecule has 0 radical (unpaired) electrons. The van der Waals surface area contributed by atoms with Gasteiger partial charge in [-0.25, -0.2) is 0 Å². The monoisotopic (exact) mass is 310 g/mol. The van der Waals surface area contributed by atoms with Gasteiger partial charge in [0.15, 0.2) is 0 Å². The van der Waals surface area contributed by atoms with Crippen molar-refractivity contribution in [2.75, 3.05) is 12.4 Å². The Morgan fingerprint density at radius 2 is 1.90 bits per heavy atom. The Morgan fingerprint density at radius 1 is 1.29 bits per heavy atom. The second-order valence-electron chi connectivity index (χ2n) is 5.50. The van der Waals surface area contributed by atoms with Crippen molar-refractivity contribution in [3.63, 3.8) is 0 Å². The second-order valence-corrected chi connectivity index (χ2v) is 5.91. The molecule has 0 bridgehead atoms. The van der Waals surface area contributed by atoms with Crippen LogP contribution in [0.4, 0.5) is 5.69 Å². The van der Waals surface area contributed by atoms with Gasteiger partial charge in [0.05, 0.1) is 10.7 Å². The molecule has 21 heavy (non-hydrogen) atoms. The number of carbonyl (C=O) groups is 2. The molecule has 4 nitrogen and oxygen atoms in total. The minimum atomic E-state index is -0.0984. The molecular formula is C16H23ClN2O2. The van der Waals surface area contributed by atoms with E-state index in [0.717, 1.165) is 6.42 Å². The lowest BCUT2D eigenvalue weighted by Crippen LogP contribution is -2.33. The highest BCUT2D eigenvalue weighted by Crippen LogP contribution is 2.24. The summed E-state index contributed by atoms with van der Waals surface area (Å²) in [5, 5.41) is 3.21. The molecule has 1 aromatic rings. The summed E-state index contributed by atoms with van der Waals surface area (Å²) in [6.45, 7) is 7.69. The minimum absolute atomic E-state index is 0.0961. The molecule has 1 aromatic carbocycles. The summed E-state index contributed by atoms with van der Waals surface area (Å²) < 4.78 is 0. The van der Waals surface area contributed by atoms with E-state index < -0.39 is 0 Å². The fourth-order valence-corrected chi connectivity index (χ4v) is 1.80. The third-order valence-electron chi connectivity index (χ3n) is 3.63. The van der Waals surface area contributed by atoms with E-state index >= 15 is 0 Å². The summed E-state index contributed by atoms with van der Waals surface area (Å²) in [7, 11) is 1.75. The number of nitrogens with zero attached hydrogens (tertiary/aromatic N) is 1. The predicted molar refractivity (Wildman–Crippen MR) is 86.8 cm³/mol. The number of hydrogen-bond donors (Lipinski definition) is 1. The first-order valence-electron chi connectivity index (χ1n) is 7.15. The maximum Gasteiger partial charge on any atom is 0.253 e. The third-order valence-corrected chi connectivity index (χ3v) is 3.96. The third kappa shape index (κ3) is 4.46. The average molecular weight is 311 g/mol. The van der Waals surface area contributed by atoms with Crippen LogP contribution in [0.15, 0.2) is 18.2 Å². The number of anilines is 1. The highest BCUT2D eigenvalue weighted by atomic mass is 35.5. The van der Waals surface area contributed by atoms with E-state index in [9.17, 15) is 9.59 Å². The average Bonchev–Trinajstić information content (AvgIpc) is 2.46. The Balaban J connectivity index is 3.00. The fraction of sp³-hybridized carbons (Fsp3) is 0.500. The fourth-order valence-electron chi connectivity index (χ4n) is 1.63. The van der Waals surface area contributed by atoms with Gasteiger partial charge < -0.3 is 10.2 Å². The Kier molecular flexibility index (Phi) is 6.21. The molecule has 116 valence electrons. The number of nitrogens with one attached hydrogen (secondary N) is 1. The number of halogens is 1. The quantitative estimate of drug-likeness (QED) is 0.899. The second kappa shape index (κ2) is 7.46. The summed E-state index contributed by atoms with van der Waals surface area (Å²) in [6, 6.07) is 5.04. The van der Waals surface area contributed by atoms with Crippen LogP contribution in [0.1, 0.15) is 44.5 Å². The highest BCUT2D eigenvalue weighted by molar-refractivity contribution is 6.33. The van der Waals surface area contributed by atoms with Crippen LogP contribution in [0.5, 0.6) is 0 Å². The molecule has 0 heterocycles. The van der Waals surface area contributed by atoms with Gasteiger partial charge in [0.1, 0.15) is 0 Å². The van der Waals surface area contributed by atoms with Crippen molar-refractivity contribution in [3.8, 4) is 0 Å². The highest BCUT2D eigenvalue weighted by Gasteiger charge is 2.17. The van der Waals surface area contributed by atoms with E-state index in [-0.39, 0.29) is 23.8 Å². The molecule has 0 aliphatic heterocycles. The van der Waals surface area contributed by atoms with E-state index in [2.05, 4.69) is 5.32 Å². The first-order valence-corrected chi connectivity index (χ1v) is 7.53. The standard InChI is InChI=1S/C16H23ClN2O2/c1-6-11(4)15(20)18-14-9-12(7-8-13(14)17)16(21)19(5)10(2)3/h7-11H,6H2,1-5H3,(H,18,20). The van der Waals surface area contributed by atoms with Crippen molar-refractivity contribution < 1.29 is 9.59 Å². The number of rotatable bonds is 5. The lowest BCUT2D eigenvalue weighted by atomic mass is 10.1. The SMILES string of the molecule is CCC(C)C(=O)Nc1cc(C(=O)N(C)C(C)C)ccc1Cl. The van der Waals surface area contributed by atoms with Gasteiger partial charge >= 0.3 is 0 Å². The summed E-state index contributed by atoms with van der Waals surface area (Å²) in [6.07, 6.45) is 0.748. The maximum atomic E-state index is 12.3. The molecule has 0 saturated heterocycles. The number of amides is 2. The smallest absolute Gasteiger partial charge is 0.253 e. The van der Waals surface area contributed by atoms with Gasteiger partial charge in [0, 0.05) is 24.6 Å². The van der Waals surface area contributed by atoms with Gasteiger partial charge in [-0.05, 0) is 38.5 Å². The van der Waals surface area contributed by atoms with Gasteiger partial charge in [-0.15, -0.1) is 0 Å². The summed E-state index contributed by atoms with van der Waals surface area (Å²) in [5.41, 5.74) is 0.986. The van der Waals surface area contributed by atoms with Crippen LogP contribution >= 0.6 is 11.6 Å². The predicted octanol–water partition coefficient (Wildman–Crippen LogP) is 3.81. The molecule has 0 saturated carbocycles. The van der Waals surface area contributed by atoms with Crippen LogP contribution in [0.25, 0.3) is 0 Å². The van der Waals surface area contributed by atoms with Gasteiger partial charge in [-0.1, -0.05) is 25.4 Å². The Morgan fingerprint density at radius 3 is 2.43 bits per heavy atom. The lowest BCUT2D eigenvalue weighted by molar-refractivity contribution is -0.119.